The first-order chi connectivity index (χ1) is 11.7. The van der Waals surface area contributed by atoms with Crippen molar-refractivity contribution in [2.24, 2.45) is 0 Å². The monoisotopic (exact) mass is 362 g/mol. The molecular formula is C22H38O2Si. The van der Waals surface area contributed by atoms with E-state index in [1.807, 2.05) is 0 Å². The van der Waals surface area contributed by atoms with Crippen molar-refractivity contribution < 1.29 is 9.22 Å². The van der Waals surface area contributed by atoms with Crippen LogP contribution in [0.5, 0.6) is 0 Å². The first-order valence-electron chi connectivity index (χ1n) is 9.59. The molecular weight excluding hydrogens is 324 g/mol. The summed E-state index contributed by atoms with van der Waals surface area (Å²) < 4.78 is 6.92. The summed E-state index contributed by atoms with van der Waals surface area (Å²) in [7, 11) is -1.90. The zero-order valence-corrected chi connectivity index (χ0v) is 18.4. The number of unbranched alkanes of at least 4 members (excludes halogenated alkanes) is 1. The molecule has 1 atom stereocenters. The maximum atomic E-state index is 10.2. The van der Waals surface area contributed by atoms with Crippen LogP contribution in [0.15, 0.2) is 24.3 Å². The van der Waals surface area contributed by atoms with E-state index in [1.54, 1.807) is 0 Å². The molecule has 0 saturated heterocycles. The third-order valence-electron chi connectivity index (χ3n) is 4.87. The average Bonchev–Trinajstić information content (AvgIpc) is 2.51. The van der Waals surface area contributed by atoms with Gasteiger partial charge >= 0.3 is 0 Å². The van der Waals surface area contributed by atoms with Crippen molar-refractivity contribution >= 4 is 14.6 Å². The van der Waals surface area contributed by atoms with E-state index in [9.17, 15) is 4.79 Å². The van der Waals surface area contributed by atoms with Gasteiger partial charge in [-0.25, -0.2) is 0 Å². The first-order valence-corrected chi connectivity index (χ1v) is 11.7. The normalized spacial score (nSPS) is 13.4. The highest BCUT2D eigenvalue weighted by molar-refractivity contribution is 6.77. The van der Waals surface area contributed by atoms with Crippen LogP contribution < -0.4 is 0 Å². The van der Waals surface area contributed by atoms with Gasteiger partial charge in [-0.1, -0.05) is 65.2 Å². The molecule has 0 amide bonds. The molecule has 0 bridgehead atoms. The van der Waals surface area contributed by atoms with Gasteiger partial charge in [0.05, 0.1) is 6.10 Å². The lowest BCUT2D eigenvalue weighted by Crippen LogP contribution is -2.50. The van der Waals surface area contributed by atoms with Gasteiger partial charge in [0.25, 0.3) is 0 Å². The van der Waals surface area contributed by atoms with Gasteiger partial charge in [0.2, 0.25) is 8.32 Å². The van der Waals surface area contributed by atoms with Gasteiger partial charge in [-0.05, 0) is 48.7 Å². The molecule has 3 heteroatoms. The highest BCUT2D eigenvalue weighted by Gasteiger charge is 2.46. The minimum atomic E-state index is -1.90. The predicted molar refractivity (Wildman–Crippen MR) is 112 cm³/mol. The van der Waals surface area contributed by atoms with Crippen molar-refractivity contribution in [2.45, 2.75) is 96.9 Å². The van der Waals surface area contributed by atoms with E-state index in [-0.39, 0.29) is 6.10 Å². The molecule has 0 radical (unpaired) electrons. The molecule has 0 rings (SSSR count). The van der Waals surface area contributed by atoms with Crippen molar-refractivity contribution in [3.63, 3.8) is 0 Å². The Balaban J connectivity index is 5.25. The third-order valence-corrected chi connectivity index (χ3v) is 11.0. The van der Waals surface area contributed by atoms with E-state index in [0.717, 1.165) is 19.3 Å². The topological polar surface area (TPSA) is 26.3 Å². The predicted octanol–water partition coefficient (Wildman–Crippen LogP) is 6.44. The summed E-state index contributed by atoms with van der Waals surface area (Å²) in [4.78, 5) is 10.2. The van der Waals surface area contributed by atoms with Gasteiger partial charge in [-0.2, -0.15) is 0 Å². The van der Waals surface area contributed by atoms with Crippen molar-refractivity contribution in [1.82, 2.24) is 0 Å². The highest BCUT2D eigenvalue weighted by Crippen LogP contribution is 2.43. The molecule has 0 aromatic rings. The molecule has 0 aromatic heterocycles. The van der Waals surface area contributed by atoms with Crippen molar-refractivity contribution in [2.75, 3.05) is 0 Å². The van der Waals surface area contributed by atoms with E-state index >= 15 is 0 Å². The second-order valence-corrected chi connectivity index (χ2v) is 13.3. The van der Waals surface area contributed by atoms with Crippen LogP contribution in [-0.2, 0) is 9.22 Å². The maximum Gasteiger partial charge on any atom is 0.201 e. The van der Waals surface area contributed by atoms with Crippen LogP contribution in [-0.4, -0.2) is 20.7 Å². The Kier molecular flexibility index (Phi) is 11.7. The summed E-state index contributed by atoms with van der Waals surface area (Å²) in [6.45, 7) is 20.0. The molecule has 0 aliphatic rings. The number of allylic oxidation sites excluding steroid dienone is 2. The maximum absolute atomic E-state index is 10.2. The zero-order chi connectivity index (χ0) is 19.5. The van der Waals surface area contributed by atoms with Crippen LogP contribution in [0, 0.1) is 11.8 Å². The van der Waals surface area contributed by atoms with Crippen LogP contribution >= 0.6 is 0 Å². The SMILES string of the molecule is C=C(C)CCC(/C=C/CCC#CC=O)O[Si](C(C)C)(C(C)C)C(C)C. The van der Waals surface area contributed by atoms with Crippen LogP contribution in [0.25, 0.3) is 0 Å². The second kappa shape index (κ2) is 12.3. The molecule has 0 aliphatic heterocycles. The minimum Gasteiger partial charge on any atom is -0.410 e. The summed E-state index contributed by atoms with van der Waals surface area (Å²) in [5.41, 5.74) is 2.93. The van der Waals surface area contributed by atoms with E-state index in [2.05, 4.69) is 79.0 Å². The Bertz CT molecular complexity index is 470. The molecule has 0 aromatic carbocycles. The number of hydrogen-bond acceptors (Lipinski definition) is 2. The van der Waals surface area contributed by atoms with Gasteiger partial charge < -0.3 is 4.43 Å². The summed E-state index contributed by atoms with van der Waals surface area (Å²) >= 11 is 0. The highest BCUT2D eigenvalue weighted by atomic mass is 28.4. The molecule has 0 saturated carbocycles. The van der Waals surface area contributed by atoms with Crippen molar-refractivity contribution in [3.8, 4) is 11.8 Å². The summed E-state index contributed by atoms with van der Waals surface area (Å²) in [5.74, 6) is 5.31. The molecule has 1 unspecified atom stereocenters. The molecule has 0 spiro atoms. The smallest absolute Gasteiger partial charge is 0.201 e. The minimum absolute atomic E-state index is 0.134. The quantitative estimate of drug-likeness (QED) is 0.139. The fourth-order valence-electron chi connectivity index (χ4n) is 3.77. The number of rotatable bonds is 11. The van der Waals surface area contributed by atoms with E-state index in [4.69, 9.17) is 4.43 Å². The fourth-order valence-corrected chi connectivity index (χ4v) is 9.31. The van der Waals surface area contributed by atoms with Gasteiger partial charge in [-0.15, -0.1) is 6.58 Å². The summed E-state index contributed by atoms with van der Waals surface area (Å²) in [5, 5.41) is 0. The molecule has 25 heavy (non-hydrogen) atoms. The second-order valence-electron chi connectivity index (χ2n) is 7.88. The Morgan fingerprint density at radius 1 is 1.12 bits per heavy atom. The zero-order valence-electron chi connectivity index (χ0n) is 17.4. The molecule has 0 heterocycles. The molecule has 142 valence electrons. The van der Waals surface area contributed by atoms with E-state index in [1.165, 1.54) is 5.57 Å². The third kappa shape index (κ3) is 8.20. The largest absolute Gasteiger partial charge is 0.410 e. The van der Waals surface area contributed by atoms with Crippen molar-refractivity contribution in [3.05, 3.63) is 24.3 Å². The standard InChI is InChI=1S/C22H38O2Si/c1-18(2)15-16-22(14-12-10-9-11-13-17-23)24-25(19(3)4,20(5)6)21(7)8/h12,14,17,19-22H,1,9-10,15-16H2,2-8H3/b14-12+. The Morgan fingerprint density at radius 3 is 2.12 bits per heavy atom. The molecule has 0 fully saturated rings. The molecule has 2 nitrogen and oxygen atoms in total. The van der Waals surface area contributed by atoms with Crippen LogP contribution in [0.2, 0.25) is 16.6 Å². The van der Waals surface area contributed by atoms with E-state index in [0.29, 0.717) is 29.3 Å². The molecule has 0 aliphatic carbocycles. The Morgan fingerprint density at radius 2 is 1.68 bits per heavy atom. The number of hydrogen-bond donors (Lipinski definition) is 0. The lowest BCUT2D eigenvalue weighted by atomic mass is 10.1. The lowest BCUT2D eigenvalue weighted by Gasteiger charge is -2.44. The van der Waals surface area contributed by atoms with Crippen molar-refractivity contribution in [1.29, 1.82) is 0 Å². The molecule has 0 N–H and O–H groups in total. The Labute approximate surface area is 157 Å². The average molecular weight is 363 g/mol. The van der Waals surface area contributed by atoms with Crippen LogP contribution in [0.3, 0.4) is 0 Å². The fraction of sp³-hybridized carbons (Fsp3) is 0.682. The van der Waals surface area contributed by atoms with Crippen LogP contribution in [0.1, 0.15) is 74.1 Å². The van der Waals surface area contributed by atoms with Gasteiger partial charge in [-0.3, -0.25) is 4.79 Å². The van der Waals surface area contributed by atoms with E-state index < -0.39 is 8.32 Å². The number of carbonyl (C=O) groups is 1. The number of carbonyl (C=O) groups excluding carboxylic acids is 1. The van der Waals surface area contributed by atoms with Gasteiger partial charge in [0.15, 0.2) is 6.29 Å². The van der Waals surface area contributed by atoms with Gasteiger partial charge in [0, 0.05) is 6.42 Å². The van der Waals surface area contributed by atoms with Gasteiger partial charge in [0.1, 0.15) is 0 Å². The summed E-state index contributed by atoms with van der Waals surface area (Å²) in [6, 6.07) is 0. The number of aldehydes is 1. The van der Waals surface area contributed by atoms with Crippen LogP contribution in [0.4, 0.5) is 0 Å². The first kappa shape index (κ1) is 23.9. The lowest BCUT2D eigenvalue weighted by molar-refractivity contribution is -0.103. The summed E-state index contributed by atoms with van der Waals surface area (Å²) in [6.07, 6.45) is 8.68. The Hall–Kier alpha value is -1.11.